The average molecular weight is 300 g/mol. The van der Waals surface area contributed by atoms with E-state index in [9.17, 15) is 9.90 Å². The molecule has 106 valence electrons. The predicted octanol–water partition coefficient (Wildman–Crippen LogP) is 3.43. The highest BCUT2D eigenvalue weighted by atomic mass is 32.1. The lowest BCUT2D eigenvalue weighted by atomic mass is 9.95. The molecule has 1 aliphatic carbocycles. The zero-order valence-electron chi connectivity index (χ0n) is 11.2. The molecule has 5 heteroatoms. The van der Waals surface area contributed by atoms with E-state index in [-0.39, 0.29) is 5.75 Å². The number of hydrogen-bond donors (Lipinski definition) is 2. The molecule has 1 aromatic heterocycles. The summed E-state index contributed by atoms with van der Waals surface area (Å²) in [6.45, 7) is 0. The molecule has 2 N–H and O–H groups in total. The molecular formula is C16H12O4S. The smallest absolute Gasteiger partial charge is 0.328 e. The van der Waals surface area contributed by atoms with Crippen molar-refractivity contribution in [1.29, 1.82) is 0 Å². The van der Waals surface area contributed by atoms with Crippen LogP contribution in [0.4, 0.5) is 0 Å². The Hall–Kier alpha value is -2.53. The van der Waals surface area contributed by atoms with E-state index >= 15 is 0 Å². The maximum atomic E-state index is 11.2. The number of rotatable bonds is 2. The standard InChI is InChI=1S/C16H12O4S/c1-20-14-7-9-6-10(17)2-3-11(9)13(8-15(18)19)12-4-5-21-16(12)14/h2-8,17H,1H3,(H,18,19)/b13-8-. The quantitative estimate of drug-likeness (QED) is 0.834. The van der Waals surface area contributed by atoms with Gasteiger partial charge in [-0.2, -0.15) is 0 Å². The number of fused-ring (bicyclic) bond motifs is 2. The number of aromatic hydroxyl groups is 1. The molecular weight excluding hydrogens is 288 g/mol. The summed E-state index contributed by atoms with van der Waals surface area (Å²) in [6.07, 6.45) is 3.00. The summed E-state index contributed by atoms with van der Waals surface area (Å²) in [5, 5.41) is 20.7. The van der Waals surface area contributed by atoms with Crippen molar-refractivity contribution in [3.05, 3.63) is 57.3 Å². The van der Waals surface area contributed by atoms with Crippen molar-refractivity contribution in [2.45, 2.75) is 0 Å². The van der Waals surface area contributed by atoms with Crippen molar-refractivity contribution < 1.29 is 19.7 Å². The van der Waals surface area contributed by atoms with Crippen LogP contribution in [-0.4, -0.2) is 23.3 Å². The molecule has 0 atom stereocenters. The minimum atomic E-state index is -1.01. The van der Waals surface area contributed by atoms with E-state index in [0.29, 0.717) is 11.3 Å². The summed E-state index contributed by atoms with van der Waals surface area (Å²) in [4.78, 5) is 12.0. The molecule has 0 unspecified atom stereocenters. The first kappa shape index (κ1) is 13.5. The van der Waals surface area contributed by atoms with Gasteiger partial charge < -0.3 is 14.9 Å². The Kier molecular flexibility index (Phi) is 3.27. The predicted molar refractivity (Wildman–Crippen MR) is 82.0 cm³/mol. The molecule has 0 saturated heterocycles. The second-order valence-corrected chi connectivity index (χ2v) is 5.46. The Balaban J connectivity index is 2.36. The van der Waals surface area contributed by atoms with Crippen LogP contribution in [0.2, 0.25) is 0 Å². The number of methoxy groups -OCH3 is 1. The van der Waals surface area contributed by atoms with Crippen LogP contribution in [0.3, 0.4) is 0 Å². The van der Waals surface area contributed by atoms with E-state index in [1.165, 1.54) is 17.4 Å². The number of phenols is 1. The number of carboxylic acid groups (broad SMARTS) is 1. The van der Waals surface area contributed by atoms with Crippen LogP contribution in [0.5, 0.6) is 5.75 Å². The van der Waals surface area contributed by atoms with Gasteiger partial charge in [-0.25, -0.2) is 4.79 Å². The van der Waals surface area contributed by atoms with Crippen LogP contribution in [0, 0.1) is 0 Å². The van der Waals surface area contributed by atoms with Gasteiger partial charge in [0.15, 0.2) is 0 Å². The van der Waals surface area contributed by atoms with Crippen LogP contribution in [-0.2, 0) is 9.53 Å². The highest BCUT2D eigenvalue weighted by Gasteiger charge is 2.22. The topological polar surface area (TPSA) is 66.8 Å². The Morgan fingerprint density at radius 3 is 2.81 bits per heavy atom. The van der Waals surface area contributed by atoms with Crippen LogP contribution in [0.1, 0.15) is 21.6 Å². The second-order valence-electron chi connectivity index (χ2n) is 4.54. The second kappa shape index (κ2) is 5.10. The summed E-state index contributed by atoms with van der Waals surface area (Å²) < 4.78 is 5.42. The van der Waals surface area contributed by atoms with Crippen LogP contribution < -0.4 is 0 Å². The number of phenolic OH excluding ortho intramolecular Hbond substituents is 1. The number of aliphatic carboxylic acids is 1. The minimum Gasteiger partial charge on any atom is -0.508 e. The largest absolute Gasteiger partial charge is 0.508 e. The molecule has 21 heavy (non-hydrogen) atoms. The van der Waals surface area contributed by atoms with Crippen LogP contribution in [0.25, 0.3) is 17.4 Å². The molecule has 0 fully saturated rings. The summed E-state index contributed by atoms with van der Waals surface area (Å²) in [5.41, 5.74) is 2.90. The van der Waals surface area contributed by atoms with Gasteiger partial charge in [0.1, 0.15) is 11.5 Å². The number of ether oxygens (including phenoxy) is 1. The third-order valence-electron chi connectivity index (χ3n) is 3.28. The van der Waals surface area contributed by atoms with E-state index in [1.807, 2.05) is 17.5 Å². The molecule has 2 aromatic rings. The summed E-state index contributed by atoms with van der Waals surface area (Å²) in [7, 11) is 1.57. The molecule has 0 spiro atoms. The lowest BCUT2D eigenvalue weighted by molar-refractivity contribution is -0.131. The molecule has 4 nitrogen and oxygen atoms in total. The van der Waals surface area contributed by atoms with Crippen molar-refractivity contribution in [3.8, 4) is 5.75 Å². The van der Waals surface area contributed by atoms with Crippen LogP contribution >= 0.6 is 11.3 Å². The fourth-order valence-corrected chi connectivity index (χ4v) is 3.31. The fourth-order valence-electron chi connectivity index (χ4n) is 2.41. The van der Waals surface area contributed by atoms with Gasteiger partial charge in [-0.05, 0) is 46.4 Å². The Labute approximate surface area is 125 Å². The molecule has 0 aliphatic heterocycles. The van der Waals surface area contributed by atoms with Crippen molar-refractivity contribution >= 4 is 34.7 Å². The number of carboxylic acids is 1. The molecule has 1 aromatic carbocycles. The summed E-state index contributed by atoms with van der Waals surface area (Å²) in [5.74, 6) is -0.233. The highest BCUT2D eigenvalue weighted by Crippen LogP contribution is 2.41. The van der Waals surface area contributed by atoms with Gasteiger partial charge in [-0.1, -0.05) is 6.07 Å². The SMILES string of the molecule is COC1=Cc2cc(O)ccc2/C(=C/C(=O)O)c2ccsc21. The maximum Gasteiger partial charge on any atom is 0.328 e. The Morgan fingerprint density at radius 2 is 2.10 bits per heavy atom. The maximum absolute atomic E-state index is 11.2. The van der Waals surface area contributed by atoms with Gasteiger partial charge in [0.05, 0.1) is 12.0 Å². The minimum absolute atomic E-state index is 0.125. The molecule has 0 bridgehead atoms. The summed E-state index contributed by atoms with van der Waals surface area (Å²) >= 11 is 1.49. The van der Waals surface area contributed by atoms with E-state index in [4.69, 9.17) is 9.84 Å². The molecule has 3 rings (SSSR count). The van der Waals surface area contributed by atoms with E-state index < -0.39 is 5.97 Å². The zero-order chi connectivity index (χ0) is 15.0. The molecule has 0 radical (unpaired) electrons. The first-order chi connectivity index (χ1) is 10.1. The van der Waals surface area contributed by atoms with Gasteiger partial charge in [-0.15, -0.1) is 11.3 Å². The Bertz CT molecular complexity index is 783. The third kappa shape index (κ3) is 2.32. The average Bonchev–Trinajstić information content (AvgIpc) is 2.87. The number of carbonyl (C=O) groups is 1. The lowest BCUT2D eigenvalue weighted by Crippen LogP contribution is -1.96. The number of thiophene rings is 1. The molecule has 0 amide bonds. The molecule has 1 aliphatic rings. The van der Waals surface area contributed by atoms with Gasteiger partial charge in [0.25, 0.3) is 0 Å². The van der Waals surface area contributed by atoms with E-state index in [2.05, 4.69) is 0 Å². The fraction of sp³-hybridized carbons (Fsp3) is 0.0625. The van der Waals surface area contributed by atoms with Crippen molar-refractivity contribution in [3.63, 3.8) is 0 Å². The first-order valence-electron chi connectivity index (χ1n) is 6.22. The lowest BCUT2D eigenvalue weighted by Gasteiger charge is -2.08. The van der Waals surface area contributed by atoms with Gasteiger partial charge >= 0.3 is 5.97 Å². The number of hydrogen-bond acceptors (Lipinski definition) is 4. The van der Waals surface area contributed by atoms with Crippen LogP contribution in [0.15, 0.2) is 35.7 Å². The highest BCUT2D eigenvalue weighted by molar-refractivity contribution is 7.11. The number of benzene rings is 1. The molecule has 0 saturated carbocycles. The van der Waals surface area contributed by atoms with Crippen molar-refractivity contribution in [2.24, 2.45) is 0 Å². The summed E-state index contributed by atoms with van der Waals surface area (Å²) in [6, 6.07) is 6.74. The Morgan fingerprint density at radius 1 is 1.29 bits per heavy atom. The van der Waals surface area contributed by atoms with Crippen molar-refractivity contribution in [1.82, 2.24) is 0 Å². The van der Waals surface area contributed by atoms with Gasteiger partial charge in [-0.3, -0.25) is 0 Å². The van der Waals surface area contributed by atoms with Gasteiger partial charge in [0.2, 0.25) is 0 Å². The molecule has 1 heterocycles. The van der Waals surface area contributed by atoms with Crippen molar-refractivity contribution in [2.75, 3.05) is 7.11 Å². The van der Waals surface area contributed by atoms with Gasteiger partial charge in [0, 0.05) is 11.6 Å². The first-order valence-corrected chi connectivity index (χ1v) is 7.10. The third-order valence-corrected chi connectivity index (χ3v) is 4.21. The zero-order valence-corrected chi connectivity index (χ0v) is 12.0. The monoisotopic (exact) mass is 300 g/mol. The van der Waals surface area contributed by atoms with E-state index in [1.54, 1.807) is 25.3 Å². The van der Waals surface area contributed by atoms with E-state index in [0.717, 1.165) is 21.6 Å². The normalized spacial score (nSPS) is 14.9.